The topological polar surface area (TPSA) is 84.9 Å². The minimum Gasteiger partial charge on any atom is -0.497 e. The quantitative estimate of drug-likeness (QED) is 0.680. The Bertz CT molecular complexity index is 963. The van der Waals surface area contributed by atoms with Crippen LogP contribution >= 0.6 is 11.6 Å². The number of benzene rings is 2. The number of methoxy groups -OCH3 is 2. The number of amides is 1. The van der Waals surface area contributed by atoms with E-state index in [-0.39, 0.29) is 16.8 Å². The zero-order valence-corrected chi connectivity index (χ0v) is 18.5. The van der Waals surface area contributed by atoms with Crippen molar-refractivity contribution in [3.8, 4) is 11.5 Å². The molecule has 0 aliphatic heterocycles. The van der Waals surface area contributed by atoms with Crippen LogP contribution in [-0.2, 0) is 14.8 Å². The third-order valence-corrected chi connectivity index (χ3v) is 5.99. The SMILES string of the molecule is COc1ccc([C@@H](C)NC(=O)[C@@H](C)N(c2ccc(OC)c(Cl)c2)S(C)(=O)=O)cc1. The van der Waals surface area contributed by atoms with Crippen LogP contribution < -0.4 is 19.1 Å². The molecule has 0 radical (unpaired) electrons. The fourth-order valence-electron chi connectivity index (χ4n) is 2.91. The Kier molecular flexibility index (Phi) is 7.37. The van der Waals surface area contributed by atoms with Crippen LogP contribution in [0.15, 0.2) is 42.5 Å². The summed E-state index contributed by atoms with van der Waals surface area (Å²) in [6.07, 6.45) is 1.04. The predicted octanol–water partition coefficient (Wildman–Crippen LogP) is 3.39. The summed E-state index contributed by atoms with van der Waals surface area (Å²) >= 11 is 6.14. The Labute approximate surface area is 176 Å². The lowest BCUT2D eigenvalue weighted by Crippen LogP contribution is -2.48. The van der Waals surface area contributed by atoms with Crippen LogP contribution in [0.5, 0.6) is 11.5 Å². The minimum atomic E-state index is -3.75. The molecule has 158 valence electrons. The van der Waals surface area contributed by atoms with Gasteiger partial charge in [0.1, 0.15) is 17.5 Å². The lowest BCUT2D eigenvalue weighted by molar-refractivity contribution is -0.122. The van der Waals surface area contributed by atoms with Crippen LogP contribution in [0.2, 0.25) is 5.02 Å². The summed E-state index contributed by atoms with van der Waals surface area (Å²) in [4.78, 5) is 12.8. The molecule has 0 saturated carbocycles. The lowest BCUT2D eigenvalue weighted by Gasteiger charge is -2.29. The Morgan fingerprint density at radius 1 is 1.07 bits per heavy atom. The molecule has 29 heavy (non-hydrogen) atoms. The smallest absolute Gasteiger partial charge is 0.244 e. The zero-order chi connectivity index (χ0) is 21.8. The second-order valence-electron chi connectivity index (χ2n) is 6.56. The summed E-state index contributed by atoms with van der Waals surface area (Å²) in [5.41, 5.74) is 1.14. The standard InChI is InChI=1S/C20H25ClN2O5S/c1-13(15-6-9-17(27-3)10-7-15)22-20(24)14(2)23(29(5,25)26)16-8-11-19(28-4)18(21)12-16/h6-14H,1-5H3,(H,22,24)/t13-,14-/m1/s1. The largest absolute Gasteiger partial charge is 0.497 e. The van der Waals surface area contributed by atoms with Gasteiger partial charge in [-0.2, -0.15) is 0 Å². The van der Waals surface area contributed by atoms with E-state index >= 15 is 0 Å². The van der Waals surface area contributed by atoms with Crippen LogP contribution in [0.1, 0.15) is 25.5 Å². The number of nitrogens with zero attached hydrogens (tertiary/aromatic N) is 1. The van der Waals surface area contributed by atoms with Gasteiger partial charge in [-0.3, -0.25) is 9.10 Å². The van der Waals surface area contributed by atoms with E-state index in [9.17, 15) is 13.2 Å². The van der Waals surface area contributed by atoms with Gasteiger partial charge in [-0.1, -0.05) is 23.7 Å². The maximum atomic E-state index is 12.8. The van der Waals surface area contributed by atoms with E-state index in [1.165, 1.54) is 20.1 Å². The van der Waals surface area contributed by atoms with Crippen molar-refractivity contribution >= 4 is 33.2 Å². The van der Waals surface area contributed by atoms with Gasteiger partial charge in [0, 0.05) is 0 Å². The molecule has 0 aliphatic rings. The van der Waals surface area contributed by atoms with Crippen molar-refractivity contribution in [3.63, 3.8) is 0 Å². The highest BCUT2D eigenvalue weighted by molar-refractivity contribution is 7.92. The van der Waals surface area contributed by atoms with E-state index in [1.54, 1.807) is 31.4 Å². The average Bonchev–Trinajstić information content (AvgIpc) is 2.67. The summed E-state index contributed by atoms with van der Waals surface area (Å²) in [5.74, 6) is 0.681. The molecule has 1 amide bonds. The Balaban J connectivity index is 2.25. The van der Waals surface area contributed by atoms with E-state index in [0.717, 1.165) is 16.1 Å². The highest BCUT2D eigenvalue weighted by Crippen LogP contribution is 2.31. The zero-order valence-electron chi connectivity index (χ0n) is 17.0. The molecule has 7 nitrogen and oxygen atoms in total. The summed E-state index contributed by atoms with van der Waals surface area (Å²) in [6, 6.07) is 10.5. The summed E-state index contributed by atoms with van der Waals surface area (Å²) in [5, 5.41) is 3.10. The first-order valence-electron chi connectivity index (χ1n) is 8.85. The summed E-state index contributed by atoms with van der Waals surface area (Å²) in [7, 11) is -0.711. The molecule has 0 aromatic heterocycles. The number of halogens is 1. The van der Waals surface area contributed by atoms with Gasteiger partial charge in [-0.25, -0.2) is 8.42 Å². The summed E-state index contributed by atoms with van der Waals surface area (Å²) in [6.45, 7) is 3.34. The van der Waals surface area contributed by atoms with Crippen LogP contribution in [0, 0.1) is 0 Å². The van der Waals surface area contributed by atoms with Crippen molar-refractivity contribution in [2.75, 3.05) is 24.8 Å². The van der Waals surface area contributed by atoms with E-state index in [4.69, 9.17) is 21.1 Å². The highest BCUT2D eigenvalue weighted by atomic mass is 35.5. The highest BCUT2D eigenvalue weighted by Gasteiger charge is 2.30. The molecule has 0 spiro atoms. The average molecular weight is 441 g/mol. The second-order valence-corrected chi connectivity index (χ2v) is 8.82. The first-order valence-corrected chi connectivity index (χ1v) is 11.1. The normalized spacial score (nSPS) is 13.3. The number of hydrogen-bond donors (Lipinski definition) is 1. The van der Waals surface area contributed by atoms with Crippen LogP contribution in [0.4, 0.5) is 5.69 Å². The summed E-state index contributed by atoms with van der Waals surface area (Å²) < 4.78 is 36.1. The molecular formula is C20H25ClN2O5S. The molecule has 9 heteroatoms. The molecule has 0 saturated heterocycles. The molecule has 2 aromatic rings. The number of carbonyl (C=O) groups excluding carboxylic acids is 1. The number of rotatable bonds is 8. The van der Waals surface area contributed by atoms with Gasteiger partial charge in [-0.05, 0) is 49.7 Å². The first kappa shape index (κ1) is 22.8. The number of sulfonamides is 1. The third-order valence-electron chi connectivity index (χ3n) is 4.45. The van der Waals surface area contributed by atoms with Crippen molar-refractivity contribution in [1.29, 1.82) is 0 Å². The van der Waals surface area contributed by atoms with Gasteiger partial charge < -0.3 is 14.8 Å². The predicted molar refractivity (Wildman–Crippen MR) is 114 cm³/mol. The number of ether oxygens (including phenoxy) is 2. The van der Waals surface area contributed by atoms with Crippen molar-refractivity contribution in [1.82, 2.24) is 5.32 Å². The number of nitrogens with one attached hydrogen (secondary N) is 1. The molecular weight excluding hydrogens is 416 g/mol. The van der Waals surface area contributed by atoms with E-state index in [0.29, 0.717) is 11.5 Å². The first-order chi connectivity index (χ1) is 13.6. The number of hydrogen-bond acceptors (Lipinski definition) is 5. The van der Waals surface area contributed by atoms with Crippen molar-refractivity contribution < 1.29 is 22.7 Å². The van der Waals surface area contributed by atoms with Gasteiger partial charge >= 0.3 is 0 Å². The van der Waals surface area contributed by atoms with Crippen molar-refractivity contribution in [2.45, 2.75) is 25.9 Å². The number of carbonyl (C=O) groups is 1. The van der Waals surface area contributed by atoms with Crippen LogP contribution in [-0.4, -0.2) is 40.8 Å². The maximum absolute atomic E-state index is 12.8. The van der Waals surface area contributed by atoms with E-state index in [1.807, 2.05) is 19.1 Å². The molecule has 0 unspecified atom stereocenters. The fraction of sp³-hybridized carbons (Fsp3) is 0.350. The van der Waals surface area contributed by atoms with Crippen molar-refractivity contribution in [2.24, 2.45) is 0 Å². The van der Waals surface area contributed by atoms with Gasteiger partial charge in [-0.15, -0.1) is 0 Å². The second kappa shape index (κ2) is 9.37. The van der Waals surface area contributed by atoms with Gasteiger partial charge in [0.15, 0.2) is 0 Å². The fourth-order valence-corrected chi connectivity index (χ4v) is 4.33. The number of anilines is 1. The van der Waals surface area contributed by atoms with Gasteiger partial charge in [0.25, 0.3) is 0 Å². The molecule has 2 aromatic carbocycles. The van der Waals surface area contributed by atoms with E-state index in [2.05, 4.69) is 5.32 Å². The Morgan fingerprint density at radius 3 is 2.17 bits per heavy atom. The maximum Gasteiger partial charge on any atom is 0.244 e. The third kappa shape index (κ3) is 5.55. The molecule has 0 aliphatic carbocycles. The van der Waals surface area contributed by atoms with Gasteiger partial charge in [0.05, 0.1) is 37.2 Å². The van der Waals surface area contributed by atoms with E-state index < -0.39 is 22.0 Å². The van der Waals surface area contributed by atoms with Crippen LogP contribution in [0.3, 0.4) is 0 Å². The molecule has 2 rings (SSSR count). The Morgan fingerprint density at radius 2 is 1.69 bits per heavy atom. The molecule has 1 N–H and O–H groups in total. The monoisotopic (exact) mass is 440 g/mol. The lowest BCUT2D eigenvalue weighted by atomic mass is 10.1. The van der Waals surface area contributed by atoms with Crippen molar-refractivity contribution in [3.05, 3.63) is 53.1 Å². The van der Waals surface area contributed by atoms with Gasteiger partial charge in [0.2, 0.25) is 15.9 Å². The minimum absolute atomic E-state index is 0.248. The Hall–Kier alpha value is -2.45. The van der Waals surface area contributed by atoms with Crippen LogP contribution in [0.25, 0.3) is 0 Å². The molecule has 2 atom stereocenters. The molecule has 0 heterocycles. The molecule has 0 bridgehead atoms. The molecule has 0 fully saturated rings.